The SMILES string of the molecule is CCc1nsc(N(C[C@H]2CCOC2)C2CC2)n1. The van der Waals surface area contributed by atoms with Crippen molar-refractivity contribution < 1.29 is 4.74 Å². The maximum Gasteiger partial charge on any atom is 0.205 e. The summed E-state index contributed by atoms with van der Waals surface area (Å²) in [6, 6.07) is 0.716. The number of nitrogens with zero attached hydrogens (tertiary/aromatic N) is 3. The molecule has 5 heteroatoms. The summed E-state index contributed by atoms with van der Waals surface area (Å²) in [6.07, 6.45) is 4.76. The summed E-state index contributed by atoms with van der Waals surface area (Å²) in [4.78, 5) is 7.09. The molecule has 0 bridgehead atoms. The van der Waals surface area contributed by atoms with E-state index in [9.17, 15) is 0 Å². The molecule has 1 aromatic rings. The highest BCUT2D eigenvalue weighted by atomic mass is 32.1. The molecule has 3 rings (SSSR count). The van der Waals surface area contributed by atoms with E-state index in [0.717, 1.165) is 37.1 Å². The summed E-state index contributed by atoms with van der Waals surface area (Å²) >= 11 is 1.56. The zero-order chi connectivity index (χ0) is 11.7. The van der Waals surface area contributed by atoms with Gasteiger partial charge in [-0.05, 0) is 19.3 Å². The molecule has 1 saturated carbocycles. The average Bonchev–Trinajstić information content (AvgIpc) is 2.88. The Morgan fingerprint density at radius 3 is 2.88 bits per heavy atom. The fourth-order valence-corrected chi connectivity index (χ4v) is 3.11. The van der Waals surface area contributed by atoms with Gasteiger partial charge in [0.1, 0.15) is 5.82 Å². The third-order valence-electron chi connectivity index (χ3n) is 3.49. The van der Waals surface area contributed by atoms with Gasteiger partial charge in [-0.2, -0.15) is 4.37 Å². The second-order valence-electron chi connectivity index (χ2n) is 4.96. The molecule has 2 heterocycles. The minimum absolute atomic E-state index is 0.685. The summed E-state index contributed by atoms with van der Waals surface area (Å²) in [7, 11) is 0. The summed E-state index contributed by atoms with van der Waals surface area (Å²) < 4.78 is 9.86. The van der Waals surface area contributed by atoms with Crippen molar-refractivity contribution in [3.8, 4) is 0 Å². The van der Waals surface area contributed by atoms with Crippen LogP contribution in [-0.4, -0.2) is 35.2 Å². The van der Waals surface area contributed by atoms with E-state index in [2.05, 4.69) is 21.2 Å². The van der Waals surface area contributed by atoms with Crippen LogP contribution < -0.4 is 4.90 Å². The van der Waals surface area contributed by atoms with E-state index in [1.54, 1.807) is 11.5 Å². The van der Waals surface area contributed by atoms with Crippen molar-refractivity contribution in [1.29, 1.82) is 0 Å². The van der Waals surface area contributed by atoms with Crippen molar-refractivity contribution in [3.05, 3.63) is 5.82 Å². The Hall–Kier alpha value is -0.680. The zero-order valence-electron chi connectivity index (χ0n) is 10.3. The minimum Gasteiger partial charge on any atom is -0.381 e. The second-order valence-corrected chi connectivity index (χ2v) is 5.69. The van der Waals surface area contributed by atoms with Crippen LogP contribution in [0.15, 0.2) is 0 Å². The molecule has 17 heavy (non-hydrogen) atoms. The first-order valence-electron chi connectivity index (χ1n) is 6.53. The fraction of sp³-hybridized carbons (Fsp3) is 0.833. The first-order valence-corrected chi connectivity index (χ1v) is 7.31. The van der Waals surface area contributed by atoms with Crippen LogP contribution in [0.25, 0.3) is 0 Å². The molecule has 1 aliphatic heterocycles. The number of anilines is 1. The highest BCUT2D eigenvalue weighted by Gasteiger charge is 2.33. The van der Waals surface area contributed by atoms with E-state index >= 15 is 0 Å². The fourth-order valence-electron chi connectivity index (χ4n) is 2.28. The lowest BCUT2D eigenvalue weighted by Crippen LogP contribution is -2.31. The maximum atomic E-state index is 5.46. The van der Waals surface area contributed by atoms with Gasteiger partial charge in [0, 0.05) is 43.1 Å². The molecule has 1 saturated heterocycles. The minimum atomic E-state index is 0.685. The van der Waals surface area contributed by atoms with Crippen molar-refractivity contribution in [2.24, 2.45) is 5.92 Å². The van der Waals surface area contributed by atoms with Crippen LogP contribution in [0.4, 0.5) is 5.13 Å². The van der Waals surface area contributed by atoms with Gasteiger partial charge in [0.15, 0.2) is 0 Å². The number of ether oxygens (including phenoxy) is 1. The van der Waals surface area contributed by atoms with E-state index in [-0.39, 0.29) is 0 Å². The molecule has 1 atom stereocenters. The Kier molecular flexibility index (Phi) is 3.29. The zero-order valence-corrected chi connectivity index (χ0v) is 11.1. The van der Waals surface area contributed by atoms with Gasteiger partial charge >= 0.3 is 0 Å². The maximum absolute atomic E-state index is 5.46. The molecule has 0 spiro atoms. The van der Waals surface area contributed by atoms with Crippen LogP contribution in [0, 0.1) is 5.92 Å². The van der Waals surface area contributed by atoms with Crippen LogP contribution in [0.5, 0.6) is 0 Å². The third kappa shape index (κ3) is 2.60. The molecular formula is C12H19N3OS. The van der Waals surface area contributed by atoms with Gasteiger partial charge in [-0.15, -0.1) is 0 Å². The standard InChI is InChI=1S/C12H19N3OS/c1-2-11-13-12(17-14-11)15(10-3-4-10)7-9-5-6-16-8-9/h9-10H,2-8H2,1H3/t9-/m1/s1. The molecule has 2 aliphatic rings. The molecule has 0 unspecified atom stereocenters. The van der Waals surface area contributed by atoms with E-state index in [1.807, 2.05) is 0 Å². The van der Waals surface area contributed by atoms with E-state index < -0.39 is 0 Å². The number of aromatic nitrogens is 2. The molecular weight excluding hydrogens is 234 g/mol. The number of hydrogen-bond donors (Lipinski definition) is 0. The normalized spacial score (nSPS) is 24.2. The molecule has 0 N–H and O–H groups in total. The van der Waals surface area contributed by atoms with E-state index in [4.69, 9.17) is 4.74 Å². The van der Waals surface area contributed by atoms with Gasteiger partial charge in [0.2, 0.25) is 5.13 Å². The van der Waals surface area contributed by atoms with Crippen LogP contribution in [0.2, 0.25) is 0 Å². The summed E-state index contributed by atoms with van der Waals surface area (Å²) in [5.41, 5.74) is 0. The predicted molar refractivity (Wildman–Crippen MR) is 68.6 cm³/mol. The van der Waals surface area contributed by atoms with E-state index in [0.29, 0.717) is 12.0 Å². The number of aryl methyl sites for hydroxylation is 1. The van der Waals surface area contributed by atoms with Gasteiger partial charge in [-0.25, -0.2) is 4.98 Å². The first kappa shape index (κ1) is 11.4. The lowest BCUT2D eigenvalue weighted by Gasteiger charge is -2.23. The Balaban J connectivity index is 1.70. The average molecular weight is 253 g/mol. The first-order chi connectivity index (χ1) is 8.36. The highest BCUT2D eigenvalue weighted by Crippen LogP contribution is 2.34. The predicted octanol–water partition coefficient (Wildman–Crippen LogP) is 2.11. The second kappa shape index (κ2) is 4.90. The Labute approximate surface area is 106 Å². The Morgan fingerprint density at radius 1 is 1.41 bits per heavy atom. The summed E-state index contributed by atoms with van der Waals surface area (Å²) in [5, 5.41) is 1.12. The molecule has 94 valence electrons. The van der Waals surface area contributed by atoms with Gasteiger partial charge < -0.3 is 9.64 Å². The summed E-state index contributed by atoms with van der Waals surface area (Å²) in [5.74, 6) is 1.67. The lowest BCUT2D eigenvalue weighted by atomic mass is 10.1. The topological polar surface area (TPSA) is 38.2 Å². The van der Waals surface area contributed by atoms with Gasteiger partial charge in [0.05, 0.1) is 6.61 Å². The van der Waals surface area contributed by atoms with Gasteiger partial charge in [0.25, 0.3) is 0 Å². The van der Waals surface area contributed by atoms with Crippen LogP contribution >= 0.6 is 11.5 Å². The monoisotopic (exact) mass is 253 g/mol. The third-order valence-corrected chi connectivity index (χ3v) is 4.28. The van der Waals surface area contributed by atoms with Crippen molar-refractivity contribution in [2.75, 3.05) is 24.7 Å². The van der Waals surface area contributed by atoms with Crippen molar-refractivity contribution in [2.45, 2.75) is 38.6 Å². The number of hydrogen-bond acceptors (Lipinski definition) is 5. The van der Waals surface area contributed by atoms with Crippen LogP contribution in [0.1, 0.15) is 32.0 Å². The van der Waals surface area contributed by atoms with Crippen molar-refractivity contribution in [1.82, 2.24) is 9.36 Å². The summed E-state index contributed by atoms with van der Waals surface area (Å²) in [6.45, 7) is 5.06. The molecule has 0 aromatic carbocycles. The number of rotatable bonds is 5. The quantitative estimate of drug-likeness (QED) is 0.805. The van der Waals surface area contributed by atoms with Crippen molar-refractivity contribution >= 4 is 16.7 Å². The van der Waals surface area contributed by atoms with Crippen LogP contribution in [-0.2, 0) is 11.2 Å². The Bertz CT molecular complexity index is 372. The largest absolute Gasteiger partial charge is 0.381 e. The molecule has 4 nitrogen and oxygen atoms in total. The molecule has 1 aliphatic carbocycles. The highest BCUT2D eigenvalue weighted by molar-refractivity contribution is 7.09. The molecule has 0 radical (unpaired) electrons. The molecule has 0 amide bonds. The van der Waals surface area contributed by atoms with E-state index in [1.165, 1.54) is 19.3 Å². The smallest absolute Gasteiger partial charge is 0.205 e. The molecule has 2 fully saturated rings. The van der Waals surface area contributed by atoms with Gasteiger partial charge in [-0.3, -0.25) is 0 Å². The van der Waals surface area contributed by atoms with Gasteiger partial charge in [-0.1, -0.05) is 6.92 Å². The van der Waals surface area contributed by atoms with Crippen LogP contribution in [0.3, 0.4) is 0 Å². The van der Waals surface area contributed by atoms with Crippen molar-refractivity contribution in [3.63, 3.8) is 0 Å². The Morgan fingerprint density at radius 2 is 2.29 bits per heavy atom. The molecule has 1 aromatic heterocycles. The lowest BCUT2D eigenvalue weighted by molar-refractivity contribution is 0.186.